The topological polar surface area (TPSA) is 63.3 Å². The van der Waals surface area contributed by atoms with Crippen LogP contribution in [0.3, 0.4) is 0 Å². The Kier molecular flexibility index (Phi) is 4.66. The van der Waals surface area contributed by atoms with Crippen molar-refractivity contribution in [1.29, 1.82) is 0 Å². The Labute approximate surface area is 112 Å². The van der Waals surface area contributed by atoms with Crippen molar-refractivity contribution in [2.24, 2.45) is 5.73 Å². The molecule has 0 saturated carbocycles. The molecule has 0 radical (unpaired) electrons. The monoisotopic (exact) mass is 265 g/mol. The van der Waals surface area contributed by atoms with E-state index in [-0.39, 0.29) is 12.5 Å². The van der Waals surface area contributed by atoms with Crippen molar-refractivity contribution in [2.45, 2.75) is 43.0 Å². The quantitative estimate of drug-likeness (QED) is 0.859. The van der Waals surface area contributed by atoms with Crippen LogP contribution >= 0.6 is 11.8 Å². The third-order valence-electron chi connectivity index (χ3n) is 3.27. The number of nitrogens with two attached hydrogens (primary N) is 1. The summed E-state index contributed by atoms with van der Waals surface area (Å²) in [5.41, 5.74) is 8.66. The van der Waals surface area contributed by atoms with Crippen LogP contribution in [0.15, 0.2) is 23.1 Å². The standard InChI is InChI=1S/C14H19NO2S/c15-12(4-1-5-14(16)17)10-6-7-13-11(9-10)3-2-8-18-13/h6-7,9,12H,1-5,8,15H2,(H,16,17). The van der Waals surface area contributed by atoms with E-state index in [1.54, 1.807) is 0 Å². The molecule has 0 saturated heterocycles. The Hall–Kier alpha value is -1.00. The highest BCUT2D eigenvalue weighted by atomic mass is 32.2. The van der Waals surface area contributed by atoms with E-state index in [2.05, 4.69) is 18.2 Å². The fraction of sp³-hybridized carbons (Fsp3) is 0.500. The molecule has 2 rings (SSSR count). The van der Waals surface area contributed by atoms with Crippen molar-refractivity contribution in [1.82, 2.24) is 0 Å². The van der Waals surface area contributed by atoms with Crippen molar-refractivity contribution in [3.63, 3.8) is 0 Å². The van der Waals surface area contributed by atoms with Crippen molar-refractivity contribution < 1.29 is 9.90 Å². The first-order chi connectivity index (χ1) is 8.66. The summed E-state index contributed by atoms with van der Waals surface area (Å²) >= 11 is 1.91. The molecule has 18 heavy (non-hydrogen) atoms. The zero-order valence-electron chi connectivity index (χ0n) is 10.4. The highest BCUT2D eigenvalue weighted by Gasteiger charge is 2.13. The van der Waals surface area contributed by atoms with Crippen LogP contribution in [0.4, 0.5) is 0 Å². The van der Waals surface area contributed by atoms with Crippen LogP contribution < -0.4 is 5.73 Å². The smallest absolute Gasteiger partial charge is 0.303 e. The van der Waals surface area contributed by atoms with Crippen LogP contribution in [0.5, 0.6) is 0 Å². The van der Waals surface area contributed by atoms with Crippen LogP contribution in [0.2, 0.25) is 0 Å². The van der Waals surface area contributed by atoms with Gasteiger partial charge in [-0.2, -0.15) is 0 Å². The predicted octanol–water partition coefficient (Wildman–Crippen LogP) is 2.98. The zero-order chi connectivity index (χ0) is 13.0. The molecule has 3 N–H and O–H groups in total. The number of benzene rings is 1. The maximum atomic E-state index is 10.5. The number of carbonyl (C=O) groups is 1. The second kappa shape index (κ2) is 6.25. The minimum Gasteiger partial charge on any atom is -0.481 e. The van der Waals surface area contributed by atoms with Crippen molar-refractivity contribution in [3.05, 3.63) is 29.3 Å². The number of rotatable bonds is 5. The van der Waals surface area contributed by atoms with Crippen molar-refractivity contribution in [3.8, 4) is 0 Å². The van der Waals surface area contributed by atoms with Crippen molar-refractivity contribution >= 4 is 17.7 Å². The molecule has 98 valence electrons. The van der Waals surface area contributed by atoms with Crippen molar-refractivity contribution in [2.75, 3.05) is 5.75 Å². The van der Waals surface area contributed by atoms with Gasteiger partial charge in [0, 0.05) is 17.4 Å². The first kappa shape index (κ1) is 13.4. The Bertz CT molecular complexity index is 434. The fourth-order valence-electron chi connectivity index (χ4n) is 2.25. The van der Waals surface area contributed by atoms with E-state index >= 15 is 0 Å². The highest BCUT2D eigenvalue weighted by molar-refractivity contribution is 7.99. The molecule has 4 heteroatoms. The van der Waals surface area contributed by atoms with Gasteiger partial charge in [0.15, 0.2) is 0 Å². The van der Waals surface area contributed by atoms with Gasteiger partial charge in [0.05, 0.1) is 0 Å². The summed E-state index contributed by atoms with van der Waals surface area (Å²) in [6, 6.07) is 6.41. The van der Waals surface area contributed by atoms with Gasteiger partial charge in [0.1, 0.15) is 0 Å². The molecule has 0 bridgehead atoms. The third-order valence-corrected chi connectivity index (χ3v) is 4.47. The average molecular weight is 265 g/mol. The number of hydrogen-bond donors (Lipinski definition) is 2. The van der Waals surface area contributed by atoms with E-state index < -0.39 is 5.97 Å². The SMILES string of the molecule is NC(CCCC(=O)O)c1ccc2c(c1)CCCS2. The lowest BCUT2D eigenvalue weighted by molar-refractivity contribution is -0.137. The Morgan fingerprint density at radius 3 is 3.11 bits per heavy atom. The number of fused-ring (bicyclic) bond motifs is 1. The summed E-state index contributed by atoms with van der Waals surface area (Å²) in [5.74, 6) is 0.459. The molecule has 1 unspecified atom stereocenters. The summed E-state index contributed by atoms with van der Waals surface area (Å²) < 4.78 is 0. The second-order valence-electron chi connectivity index (χ2n) is 4.71. The van der Waals surface area contributed by atoms with Gasteiger partial charge in [0.25, 0.3) is 0 Å². The second-order valence-corrected chi connectivity index (χ2v) is 5.85. The maximum absolute atomic E-state index is 10.5. The van der Waals surface area contributed by atoms with E-state index in [0.29, 0.717) is 6.42 Å². The molecular weight excluding hydrogens is 246 g/mol. The third kappa shape index (κ3) is 3.50. The van der Waals surface area contributed by atoms with Gasteiger partial charge in [-0.25, -0.2) is 0 Å². The number of carboxylic acids is 1. The van der Waals surface area contributed by atoms with Gasteiger partial charge < -0.3 is 10.8 Å². The first-order valence-corrected chi connectivity index (χ1v) is 7.38. The normalized spacial score (nSPS) is 16.1. The molecule has 0 aromatic heterocycles. The Morgan fingerprint density at radius 1 is 1.50 bits per heavy atom. The Morgan fingerprint density at radius 2 is 2.33 bits per heavy atom. The molecule has 1 aliphatic rings. The molecule has 3 nitrogen and oxygen atoms in total. The Balaban J connectivity index is 1.97. The van der Waals surface area contributed by atoms with Gasteiger partial charge in [-0.15, -0.1) is 11.8 Å². The number of carboxylic acid groups (broad SMARTS) is 1. The molecule has 0 aliphatic carbocycles. The minimum absolute atomic E-state index is 0.0402. The molecule has 1 aliphatic heterocycles. The molecule has 0 spiro atoms. The van der Waals surface area contributed by atoms with Gasteiger partial charge in [-0.05, 0) is 48.6 Å². The van der Waals surface area contributed by atoms with E-state index in [1.807, 2.05) is 11.8 Å². The molecule has 0 fully saturated rings. The number of aliphatic carboxylic acids is 1. The molecule has 1 heterocycles. The molecule has 1 aromatic carbocycles. The lowest BCUT2D eigenvalue weighted by Gasteiger charge is -2.18. The van der Waals surface area contributed by atoms with Gasteiger partial charge >= 0.3 is 5.97 Å². The van der Waals surface area contributed by atoms with Gasteiger partial charge in [0.2, 0.25) is 0 Å². The number of thioether (sulfide) groups is 1. The van der Waals surface area contributed by atoms with E-state index in [4.69, 9.17) is 10.8 Å². The molecule has 1 atom stereocenters. The summed E-state index contributed by atoms with van der Waals surface area (Å²) in [7, 11) is 0. The molecular formula is C14H19NO2S. The molecule has 1 aromatic rings. The lowest BCUT2D eigenvalue weighted by atomic mass is 9.98. The van der Waals surface area contributed by atoms with Crippen LogP contribution in [0.1, 0.15) is 42.9 Å². The average Bonchev–Trinajstić information content (AvgIpc) is 2.37. The lowest BCUT2D eigenvalue weighted by Crippen LogP contribution is -2.12. The van der Waals surface area contributed by atoms with E-state index in [9.17, 15) is 4.79 Å². The van der Waals surface area contributed by atoms with E-state index in [0.717, 1.165) is 18.4 Å². The van der Waals surface area contributed by atoms with E-state index in [1.165, 1.54) is 22.6 Å². The summed E-state index contributed by atoms with van der Waals surface area (Å²) in [5, 5.41) is 8.61. The minimum atomic E-state index is -0.746. The zero-order valence-corrected chi connectivity index (χ0v) is 11.2. The maximum Gasteiger partial charge on any atom is 0.303 e. The molecule has 0 amide bonds. The van der Waals surface area contributed by atoms with Gasteiger partial charge in [-0.1, -0.05) is 12.1 Å². The van der Waals surface area contributed by atoms with Crippen LogP contribution in [0.25, 0.3) is 0 Å². The number of hydrogen-bond acceptors (Lipinski definition) is 3. The first-order valence-electron chi connectivity index (χ1n) is 6.40. The summed E-state index contributed by atoms with van der Waals surface area (Å²) in [4.78, 5) is 11.8. The fourth-order valence-corrected chi connectivity index (χ4v) is 3.27. The van der Waals surface area contributed by atoms with Crippen LogP contribution in [-0.4, -0.2) is 16.8 Å². The largest absolute Gasteiger partial charge is 0.481 e. The predicted molar refractivity (Wildman–Crippen MR) is 73.9 cm³/mol. The number of aryl methyl sites for hydroxylation is 1. The van der Waals surface area contributed by atoms with Gasteiger partial charge in [-0.3, -0.25) is 4.79 Å². The summed E-state index contributed by atoms with van der Waals surface area (Å²) in [6.07, 6.45) is 3.95. The highest BCUT2D eigenvalue weighted by Crippen LogP contribution is 2.32. The van der Waals surface area contributed by atoms with Crippen LogP contribution in [0, 0.1) is 0 Å². The van der Waals surface area contributed by atoms with Crippen LogP contribution in [-0.2, 0) is 11.2 Å². The summed E-state index contributed by atoms with van der Waals surface area (Å²) in [6.45, 7) is 0.